The molecule has 0 fully saturated rings. The standard InChI is InChI=1S/C19H24BrNO3/c1-4-23-18-11-15(10-17(20)19(18)24-5-2)13-21-12-14-6-8-16(22-3)9-7-14/h6-11,21H,4-5,12-13H2,1-3H3. The summed E-state index contributed by atoms with van der Waals surface area (Å²) in [6.07, 6.45) is 0. The van der Waals surface area contributed by atoms with Crippen LogP contribution in [0.2, 0.25) is 0 Å². The first kappa shape index (κ1) is 18.6. The Morgan fingerprint density at radius 2 is 1.58 bits per heavy atom. The number of halogens is 1. The zero-order valence-electron chi connectivity index (χ0n) is 14.4. The van der Waals surface area contributed by atoms with Gasteiger partial charge in [0.25, 0.3) is 0 Å². The van der Waals surface area contributed by atoms with E-state index < -0.39 is 0 Å². The molecule has 0 atom stereocenters. The Bertz CT molecular complexity index is 644. The van der Waals surface area contributed by atoms with Crippen molar-refractivity contribution in [3.8, 4) is 17.2 Å². The zero-order chi connectivity index (χ0) is 17.4. The van der Waals surface area contributed by atoms with Gasteiger partial charge in [0.1, 0.15) is 5.75 Å². The van der Waals surface area contributed by atoms with Crippen LogP contribution in [0.1, 0.15) is 25.0 Å². The monoisotopic (exact) mass is 393 g/mol. The van der Waals surface area contributed by atoms with Gasteiger partial charge in [-0.2, -0.15) is 0 Å². The number of nitrogens with one attached hydrogen (secondary N) is 1. The summed E-state index contributed by atoms with van der Waals surface area (Å²) in [4.78, 5) is 0. The summed E-state index contributed by atoms with van der Waals surface area (Å²) < 4.78 is 17.5. The molecule has 1 N–H and O–H groups in total. The van der Waals surface area contributed by atoms with Gasteiger partial charge in [-0.15, -0.1) is 0 Å². The Balaban J connectivity index is 2.00. The minimum Gasteiger partial charge on any atom is -0.497 e. The normalized spacial score (nSPS) is 10.5. The van der Waals surface area contributed by atoms with Crippen molar-refractivity contribution in [3.05, 3.63) is 52.0 Å². The Morgan fingerprint density at radius 1 is 0.917 bits per heavy atom. The molecule has 0 aromatic heterocycles. The molecule has 0 saturated heterocycles. The van der Waals surface area contributed by atoms with Crippen LogP contribution in [0.4, 0.5) is 0 Å². The van der Waals surface area contributed by atoms with Crippen LogP contribution in [-0.2, 0) is 13.1 Å². The number of methoxy groups -OCH3 is 1. The predicted molar refractivity (Wildman–Crippen MR) is 100 cm³/mol. The van der Waals surface area contributed by atoms with Crippen molar-refractivity contribution >= 4 is 15.9 Å². The summed E-state index contributed by atoms with van der Waals surface area (Å²) in [6.45, 7) is 6.68. The van der Waals surface area contributed by atoms with Crippen LogP contribution >= 0.6 is 15.9 Å². The van der Waals surface area contributed by atoms with E-state index in [0.717, 1.165) is 40.4 Å². The highest BCUT2D eigenvalue weighted by Gasteiger charge is 2.11. The molecule has 0 unspecified atom stereocenters. The van der Waals surface area contributed by atoms with Gasteiger partial charge in [-0.1, -0.05) is 12.1 Å². The van der Waals surface area contributed by atoms with Crippen LogP contribution < -0.4 is 19.5 Å². The lowest BCUT2D eigenvalue weighted by atomic mass is 10.1. The minimum atomic E-state index is 0.605. The van der Waals surface area contributed by atoms with Gasteiger partial charge in [-0.05, 0) is 65.2 Å². The third-order valence-corrected chi connectivity index (χ3v) is 4.06. The first-order valence-corrected chi connectivity index (χ1v) is 8.88. The van der Waals surface area contributed by atoms with Crippen molar-refractivity contribution in [2.24, 2.45) is 0 Å². The van der Waals surface area contributed by atoms with Crippen LogP contribution in [0.15, 0.2) is 40.9 Å². The van der Waals surface area contributed by atoms with E-state index in [1.165, 1.54) is 5.56 Å². The smallest absolute Gasteiger partial charge is 0.175 e. The van der Waals surface area contributed by atoms with Crippen LogP contribution in [0.5, 0.6) is 17.2 Å². The maximum Gasteiger partial charge on any atom is 0.175 e. The molecule has 0 spiro atoms. The van der Waals surface area contributed by atoms with Crippen molar-refractivity contribution in [1.82, 2.24) is 5.32 Å². The average molecular weight is 394 g/mol. The summed E-state index contributed by atoms with van der Waals surface area (Å²) >= 11 is 3.58. The van der Waals surface area contributed by atoms with Crippen molar-refractivity contribution in [1.29, 1.82) is 0 Å². The molecule has 4 nitrogen and oxygen atoms in total. The van der Waals surface area contributed by atoms with Crippen LogP contribution in [0, 0.1) is 0 Å². The van der Waals surface area contributed by atoms with E-state index in [9.17, 15) is 0 Å². The summed E-state index contributed by atoms with van der Waals surface area (Å²) in [5, 5.41) is 3.45. The van der Waals surface area contributed by atoms with E-state index in [2.05, 4.69) is 39.4 Å². The second kappa shape index (κ2) is 9.55. The minimum absolute atomic E-state index is 0.605. The lowest BCUT2D eigenvalue weighted by molar-refractivity contribution is 0.286. The Hall–Kier alpha value is -1.72. The predicted octanol–water partition coefficient (Wildman–Crippen LogP) is 4.54. The first-order valence-electron chi connectivity index (χ1n) is 8.09. The quantitative estimate of drug-likeness (QED) is 0.678. The van der Waals surface area contributed by atoms with Crippen LogP contribution in [-0.4, -0.2) is 20.3 Å². The van der Waals surface area contributed by atoms with Gasteiger partial charge < -0.3 is 19.5 Å². The van der Waals surface area contributed by atoms with Gasteiger partial charge in [0.15, 0.2) is 11.5 Å². The molecular formula is C19H24BrNO3. The second-order valence-corrected chi connectivity index (χ2v) is 6.08. The molecule has 0 aliphatic carbocycles. The lowest BCUT2D eigenvalue weighted by Crippen LogP contribution is -2.13. The molecular weight excluding hydrogens is 370 g/mol. The van der Waals surface area contributed by atoms with Crippen molar-refractivity contribution < 1.29 is 14.2 Å². The van der Waals surface area contributed by atoms with Crippen molar-refractivity contribution in [2.45, 2.75) is 26.9 Å². The highest BCUT2D eigenvalue weighted by molar-refractivity contribution is 9.10. The van der Waals surface area contributed by atoms with Gasteiger partial charge in [-0.3, -0.25) is 0 Å². The molecule has 0 heterocycles. The molecule has 0 amide bonds. The highest BCUT2D eigenvalue weighted by atomic mass is 79.9. The maximum absolute atomic E-state index is 5.70. The number of hydrogen-bond donors (Lipinski definition) is 1. The fourth-order valence-corrected chi connectivity index (χ4v) is 2.97. The summed E-state index contributed by atoms with van der Waals surface area (Å²) in [5.74, 6) is 2.41. The summed E-state index contributed by atoms with van der Waals surface area (Å²) in [7, 11) is 1.67. The Morgan fingerprint density at radius 3 is 2.21 bits per heavy atom. The zero-order valence-corrected chi connectivity index (χ0v) is 16.0. The molecule has 130 valence electrons. The Kier molecular flexibility index (Phi) is 7.40. The average Bonchev–Trinajstić information content (AvgIpc) is 2.59. The molecule has 0 radical (unpaired) electrons. The molecule has 2 rings (SSSR count). The first-order chi connectivity index (χ1) is 11.7. The van der Waals surface area contributed by atoms with Crippen molar-refractivity contribution in [3.63, 3.8) is 0 Å². The molecule has 2 aromatic carbocycles. The third kappa shape index (κ3) is 5.14. The van der Waals surface area contributed by atoms with Gasteiger partial charge in [-0.25, -0.2) is 0 Å². The number of ether oxygens (including phenoxy) is 3. The summed E-state index contributed by atoms with van der Waals surface area (Å²) in [6, 6.07) is 12.2. The molecule has 0 saturated carbocycles. The largest absolute Gasteiger partial charge is 0.497 e. The second-order valence-electron chi connectivity index (χ2n) is 5.22. The van der Waals surface area contributed by atoms with Crippen LogP contribution in [0.25, 0.3) is 0 Å². The lowest BCUT2D eigenvalue weighted by Gasteiger charge is -2.15. The molecule has 2 aromatic rings. The van der Waals surface area contributed by atoms with Gasteiger partial charge >= 0.3 is 0 Å². The topological polar surface area (TPSA) is 39.7 Å². The molecule has 24 heavy (non-hydrogen) atoms. The van der Waals surface area contributed by atoms with E-state index >= 15 is 0 Å². The molecule has 0 bridgehead atoms. The number of rotatable bonds is 9. The molecule has 0 aliphatic rings. The van der Waals surface area contributed by atoms with E-state index in [1.54, 1.807) is 7.11 Å². The third-order valence-electron chi connectivity index (χ3n) is 3.48. The van der Waals surface area contributed by atoms with E-state index in [-0.39, 0.29) is 0 Å². The van der Waals surface area contributed by atoms with E-state index in [4.69, 9.17) is 14.2 Å². The fraction of sp³-hybridized carbons (Fsp3) is 0.368. The van der Waals surface area contributed by atoms with Gasteiger partial charge in [0.05, 0.1) is 24.8 Å². The Labute approximate surface area is 152 Å². The van der Waals surface area contributed by atoms with Gasteiger partial charge in [0.2, 0.25) is 0 Å². The van der Waals surface area contributed by atoms with Gasteiger partial charge in [0, 0.05) is 13.1 Å². The molecule has 0 aliphatic heterocycles. The number of benzene rings is 2. The highest BCUT2D eigenvalue weighted by Crippen LogP contribution is 2.36. The SMILES string of the molecule is CCOc1cc(CNCc2ccc(OC)cc2)cc(Br)c1OCC. The summed E-state index contributed by atoms with van der Waals surface area (Å²) in [5.41, 5.74) is 2.35. The van der Waals surface area contributed by atoms with Crippen LogP contribution in [0.3, 0.4) is 0 Å². The fourth-order valence-electron chi connectivity index (χ4n) is 2.37. The van der Waals surface area contributed by atoms with Crippen molar-refractivity contribution in [2.75, 3.05) is 20.3 Å². The van der Waals surface area contributed by atoms with E-state index in [0.29, 0.717) is 13.2 Å². The van der Waals surface area contributed by atoms with E-state index in [1.807, 2.05) is 32.0 Å². The molecule has 5 heteroatoms. The number of hydrogen-bond acceptors (Lipinski definition) is 4. The maximum atomic E-state index is 5.70.